The lowest BCUT2D eigenvalue weighted by Gasteiger charge is -2.30. The van der Waals surface area contributed by atoms with Crippen LogP contribution in [0.25, 0.3) is 0 Å². The molecule has 2 heteroatoms. The van der Waals surface area contributed by atoms with Crippen molar-refractivity contribution >= 4 is 11.3 Å². The maximum atomic E-state index is 6.18. The lowest BCUT2D eigenvalue weighted by molar-refractivity contribution is 0.267. The fraction of sp³-hybridized carbons (Fsp3) is 0.636. The highest BCUT2D eigenvalue weighted by Gasteiger charge is 2.26. The van der Waals surface area contributed by atoms with Crippen molar-refractivity contribution in [2.24, 2.45) is 11.7 Å². The molecule has 1 aliphatic carbocycles. The zero-order valence-electron chi connectivity index (χ0n) is 8.12. The van der Waals surface area contributed by atoms with E-state index in [0.717, 1.165) is 12.3 Å². The Morgan fingerprint density at radius 1 is 1.54 bits per heavy atom. The van der Waals surface area contributed by atoms with E-state index in [9.17, 15) is 0 Å². The van der Waals surface area contributed by atoms with E-state index >= 15 is 0 Å². The quantitative estimate of drug-likeness (QED) is 0.788. The van der Waals surface area contributed by atoms with Gasteiger partial charge in [-0.2, -0.15) is 0 Å². The topological polar surface area (TPSA) is 26.0 Å². The first kappa shape index (κ1) is 9.22. The van der Waals surface area contributed by atoms with Crippen molar-refractivity contribution < 1.29 is 0 Å². The van der Waals surface area contributed by atoms with Crippen molar-refractivity contribution in [1.29, 1.82) is 0 Å². The van der Waals surface area contributed by atoms with Crippen molar-refractivity contribution in [2.45, 2.75) is 38.6 Å². The summed E-state index contributed by atoms with van der Waals surface area (Å²) in [6.45, 7) is 2.20. The average molecular weight is 195 g/mol. The van der Waals surface area contributed by atoms with Crippen LogP contribution in [0.2, 0.25) is 0 Å². The summed E-state index contributed by atoms with van der Waals surface area (Å²) in [5.74, 6) is 0.767. The van der Waals surface area contributed by atoms with Gasteiger partial charge in [0, 0.05) is 15.8 Å². The molecule has 1 aromatic rings. The second-order valence-corrected chi connectivity index (χ2v) is 5.07. The molecular weight excluding hydrogens is 178 g/mol. The van der Waals surface area contributed by atoms with Gasteiger partial charge in [0.2, 0.25) is 0 Å². The van der Waals surface area contributed by atoms with Gasteiger partial charge in [0.15, 0.2) is 0 Å². The van der Waals surface area contributed by atoms with Crippen molar-refractivity contribution in [1.82, 2.24) is 0 Å². The molecule has 1 atom stereocenters. The summed E-state index contributed by atoms with van der Waals surface area (Å²) < 4.78 is 0. The number of hydrogen-bond acceptors (Lipinski definition) is 2. The Labute approximate surface area is 84.0 Å². The molecule has 0 amide bonds. The molecule has 72 valence electrons. The summed E-state index contributed by atoms with van der Waals surface area (Å²) in [5, 5.41) is 0. The second kappa shape index (κ2) is 3.81. The standard InChI is InChI=1S/C11H17NS/c1-2-9-6-7-10(13-9)11(12)8-4-3-5-8/h6-8,11H,2-5,12H2,1H3. The van der Waals surface area contributed by atoms with Crippen LogP contribution in [0.3, 0.4) is 0 Å². The summed E-state index contributed by atoms with van der Waals surface area (Å²) in [6, 6.07) is 4.75. The minimum Gasteiger partial charge on any atom is -0.323 e. The van der Waals surface area contributed by atoms with Gasteiger partial charge < -0.3 is 5.73 Å². The normalized spacial score (nSPS) is 19.8. The summed E-state index contributed by atoms with van der Waals surface area (Å²) >= 11 is 1.89. The molecular formula is C11H17NS. The molecule has 0 saturated heterocycles. The molecule has 1 nitrogen and oxygen atoms in total. The minimum atomic E-state index is 0.319. The Bertz CT molecular complexity index is 275. The smallest absolute Gasteiger partial charge is 0.0418 e. The largest absolute Gasteiger partial charge is 0.323 e. The second-order valence-electron chi connectivity index (χ2n) is 3.87. The first-order valence-corrected chi connectivity index (χ1v) is 5.97. The van der Waals surface area contributed by atoms with Crippen molar-refractivity contribution in [3.63, 3.8) is 0 Å². The predicted octanol–water partition coefficient (Wildman–Crippen LogP) is 3.11. The van der Waals surface area contributed by atoms with Crippen LogP contribution in [-0.2, 0) is 6.42 Å². The molecule has 1 unspecified atom stereocenters. The van der Waals surface area contributed by atoms with Gasteiger partial charge in [0.1, 0.15) is 0 Å². The highest BCUT2D eigenvalue weighted by molar-refractivity contribution is 7.12. The zero-order valence-corrected chi connectivity index (χ0v) is 8.94. The van der Waals surface area contributed by atoms with Gasteiger partial charge in [-0.15, -0.1) is 11.3 Å². The minimum absolute atomic E-state index is 0.319. The Hall–Kier alpha value is -0.340. The van der Waals surface area contributed by atoms with Crippen LogP contribution in [-0.4, -0.2) is 0 Å². The number of aryl methyl sites for hydroxylation is 1. The molecule has 1 fully saturated rings. The number of rotatable bonds is 3. The van der Waals surface area contributed by atoms with E-state index in [-0.39, 0.29) is 0 Å². The van der Waals surface area contributed by atoms with Crippen molar-refractivity contribution in [3.05, 3.63) is 21.9 Å². The molecule has 0 bridgehead atoms. The van der Waals surface area contributed by atoms with E-state index in [1.54, 1.807) is 0 Å². The molecule has 1 aliphatic rings. The maximum absolute atomic E-state index is 6.18. The Balaban J connectivity index is 2.05. The molecule has 0 radical (unpaired) electrons. The molecule has 1 heterocycles. The molecule has 0 spiro atoms. The molecule has 13 heavy (non-hydrogen) atoms. The highest BCUT2D eigenvalue weighted by Crippen LogP contribution is 2.38. The fourth-order valence-electron chi connectivity index (χ4n) is 1.79. The lowest BCUT2D eigenvalue weighted by atomic mass is 9.79. The molecule has 1 saturated carbocycles. The molecule has 0 aliphatic heterocycles. The third-order valence-corrected chi connectivity index (χ3v) is 4.35. The van der Waals surface area contributed by atoms with Gasteiger partial charge in [-0.3, -0.25) is 0 Å². The summed E-state index contributed by atoms with van der Waals surface area (Å²) in [6.07, 6.45) is 5.19. The van der Waals surface area contributed by atoms with E-state index in [0.29, 0.717) is 6.04 Å². The third kappa shape index (κ3) is 1.79. The van der Waals surface area contributed by atoms with Gasteiger partial charge in [0.05, 0.1) is 0 Å². The van der Waals surface area contributed by atoms with E-state index in [1.807, 2.05) is 11.3 Å². The summed E-state index contributed by atoms with van der Waals surface area (Å²) in [4.78, 5) is 2.85. The fourth-order valence-corrected chi connectivity index (χ4v) is 2.84. The monoisotopic (exact) mass is 195 g/mol. The van der Waals surface area contributed by atoms with E-state index in [4.69, 9.17) is 5.73 Å². The Kier molecular flexibility index (Phi) is 2.70. The first-order valence-electron chi connectivity index (χ1n) is 5.15. The maximum Gasteiger partial charge on any atom is 0.0418 e. The molecule has 1 aromatic heterocycles. The van der Waals surface area contributed by atoms with Gasteiger partial charge in [-0.1, -0.05) is 13.3 Å². The van der Waals surface area contributed by atoms with E-state index in [1.165, 1.54) is 29.0 Å². The molecule has 0 aromatic carbocycles. The SMILES string of the molecule is CCc1ccc(C(N)C2CCC2)s1. The predicted molar refractivity (Wildman–Crippen MR) is 58.0 cm³/mol. The van der Waals surface area contributed by atoms with Crippen molar-refractivity contribution in [2.75, 3.05) is 0 Å². The summed E-state index contributed by atoms with van der Waals surface area (Å²) in [5.41, 5.74) is 6.18. The number of thiophene rings is 1. The zero-order chi connectivity index (χ0) is 9.26. The van der Waals surface area contributed by atoms with E-state index in [2.05, 4.69) is 19.1 Å². The van der Waals surface area contributed by atoms with Crippen LogP contribution in [0, 0.1) is 5.92 Å². The van der Waals surface area contributed by atoms with Gasteiger partial charge in [-0.05, 0) is 37.3 Å². The number of nitrogens with two attached hydrogens (primary N) is 1. The highest BCUT2D eigenvalue weighted by atomic mass is 32.1. The van der Waals surface area contributed by atoms with Crippen molar-refractivity contribution in [3.8, 4) is 0 Å². The lowest BCUT2D eigenvalue weighted by Crippen LogP contribution is -2.25. The first-order chi connectivity index (χ1) is 6.31. The Morgan fingerprint density at radius 3 is 2.77 bits per heavy atom. The van der Waals surface area contributed by atoms with Crippen LogP contribution in [0.15, 0.2) is 12.1 Å². The number of hydrogen-bond donors (Lipinski definition) is 1. The van der Waals surface area contributed by atoms with Gasteiger partial charge >= 0.3 is 0 Å². The van der Waals surface area contributed by atoms with Crippen LogP contribution >= 0.6 is 11.3 Å². The van der Waals surface area contributed by atoms with Crippen LogP contribution in [0.4, 0.5) is 0 Å². The molecule has 2 N–H and O–H groups in total. The van der Waals surface area contributed by atoms with Crippen LogP contribution < -0.4 is 5.73 Å². The van der Waals surface area contributed by atoms with Crippen LogP contribution in [0.5, 0.6) is 0 Å². The van der Waals surface area contributed by atoms with Gasteiger partial charge in [-0.25, -0.2) is 0 Å². The molecule has 2 rings (SSSR count). The van der Waals surface area contributed by atoms with E-state index < -0.39 is 0 Å². The Morgan fingerprint density at radius 2 is 2.31 bits per heavy atom. The summed E-state index contributed by atoms with van der Waals surface area (Å²) in [7, 11) is 0. The third-order valence-electron chi connectivity index (χ3n) is 3.02. The van der Waals surface area contributed by atoms with Crippen LogP contribution in [0.1, 0.15) is 42.0 Å². The average Bonchev–Trinajstić information content (AvgIpc) is 2.48. The van der Waals surface area contributed by atoms with Gasteiger partial charge in [0.25, 0.3) is 0 Å².